The van der Waals surface area contributed by atoms with E-state index in [1.54, 1.807) is 0 Å². The Kier molecular flexibility index (Phi) is 3.64. The van der Waals surface area contributed by atoms with E-state index in [4.69, 9.17) is 4.74 Å². The summed E-state index contributed by atoms with van der Waals surface area (Å²) in [4.78, 5) is 0. The Morgan fingerprint density at radius 1 is 1.11 bits per heavy atom. The van der Waals surface area contributed by atoms with E-state index in [0.29, 0.717) is 6.04 Å². The first-order valence-corrected chi connectivity index (χ1v) is 6.97. The summed E-state index contributed by atoms with van der Waals surface area (Å²) in [7, 11) is 0. The van der Waals surface area contributed by atoms with E-state index in [2.05, 4.69) is 41.6 Å². The molecule has 0 atom stereocenters. The fourth-order valence-electron chi connectivity index (χ4n) is 2.78. The highest BCUT2D eigenvalue weighted by molar-refractivity contribution is 5.26. The molecule has 1 aliphatic heterocycles. The van der Waals surface area contributed by atoms with Crippen molar-refractivity contribution in [2.45, 2.75) is 31.7 Å². The van der Waals surface area contributed by atoms with Gasteiger partial charge in [-0.2, -0.15) is 0 Å². The highest BCUT2D eigenvalue weighted by atomic mass is 16.5. The first-order chi connectivity index (χ1) is 8.81. The Morgan fingerprint density at radius 3 is 2.44 bits per heavy atom. The summed E-state index contributed by atoms with van der Waals surface area (Å²) in [5, 5.41) is 2.32. The number of aryl methyl sites for hydroxylation is 1. The molecule has 1 aromatic rings. The molecule has 1 saturated carbocycles. The van der Waals surface area contributed by atoms with Gasteiger partial charge in [0.2, 0.25) is 0 Å². The molecule has 3 nitrogen and oxygen atoms in total. The van der Waals surface area contributed by atoms with Crippen LogP contribution in [0.1, 0.15) is 29.9 Å². The molecule has 1 heterocycles. The zero-order chi connectivity index (χ0) is 12.4. The zero-order valence-electron chi connectivity index (χ0n) is 11.1. The Morgan fingerprint density at radius 2 is 1.78 bits per heavy atom. The van der Waals surface area contributed by atoms with Crippen LogP contribution in [0.5, 0.6) is 0 Å². The zero-order valence-corrected chi connectivity index (χ0v) is 11.1. The third-order valence-electron chi connectivity index (χ3n) is 4.06. The van der Waals surface area contributed by atoms with Crippen molar-refractivity contribution in [3.05, 3.63) is 35.4 Å². The second-order valence-electron chi connectivity index (χ2n) is 5.50. The Hall–Kier alpha value is -0.900. The molecule has 0 amide bonds. The van der Waals surface area contributed by atoms with E-state index in [1.807, 2.05) is 0 Å². The van der Waals surface area contributed by atoms with Crippen molar-refractivity contribution in [3.63, 3.8) is 0 Å². The van der Waals surface area contributed by atoms with Gasteiger partial charge in [-0.25, -0.2) is 5.01 Å². The van der Waals surface area contributed by atoms with Crippen molar-refractivity contribution in [2.24, 2.45) is 0 Å². The number of nitrogens with one attached hydrogen (secondary N) is 1. The lowest BCUT2D eigenvalue weighted by Gasteiger charge is -2.40. The molecule has 0 unspecified atom stereocenters. The number of nitrogens with zero attached hydrogens (tertiary/aromatic N) is 1. The van der Waals surface area contributed by atoms with Gasteiger partial charge >= 0.3 is 0 Å². The highest BCUT2D eigenvalue weighted by Gasteiger charge is 2.31. The lowest BCUT2D eigenvalue weighted by molar-refractivity contribution is -0.00620. The van der Waals surface area contributed by atoms with E-state index in [1.165, 1.54) is 24.0 Å². The van der Waals surface area contributed by atoms with Crippen LogP contribution in [-0.2, 0) is 4.74 Å². The molecule has 2 aliphatic rings. The number of ether oxygens (including phenoxy) is 1. The maximum atomic E-state index is 5.35. The Bertz CT molecular complexity index is 378. The molecule has 3 rings (SSSR count). The number of rotatable bonds is 3. The van der Waals surface area contributed by atoms with Gasteiger partial charge in [-0.3, -0.25) is 5.43 Å². The van der Waals surface area contributed by atoms with Crippen LogP contribution in [0.15, 0.2) is 24.3 Å². The number of hydrogen-bond donors (Lipinski definition) is 1. The molecule has 1 aromatic carbocycles. The predicted octanol–water partition coefficient (Wildman–Crippen LogP) is 2.08. The topological polar surface area (TPSA) is 24.5 Å². The smallest absolute Gasteiger partial charge is 0.0608 e. The minimum atomic E-state index is 0.661. The molecule has 2 fully saturated rings. The summed E-state index contributed by atoms with van der Waals surface area (Å²) in [6.45, 7) is 5.91. The molecule has 1 aliphatic carbocycles. The van der Waals surface area contributed by atoms with Gasteiger partial charge in [0.1, 0.15) is 0 Å². The summed E-state index contributed by atoms with van der Waals surface area (Å²) in [6.07, 6.45) is 2.53. The first kappa shape index (κ1) is 12.2. The van der Waals surface area contributed by atoms with Crippen LogP contribution in [0.3, 0.4) is 0 Å². The summed E-state index contributed by atoms with van der Waals surface area (Å²) in [5.74, 6) is 0.754. The average Bonchev–Trinajstić information content (AvgIpc) is 2.36. The van der Waals surface area contributed by atoms with Crippen molar-refractivity contribution in [2.75, 3.05) is 26.3 Å². The van der Waals surface area contributed by atoms with E-state index in [9.17, 15) is 0 Å². The quantitative estimate of drug-likeness (QED) is 0.883. The maximum Gasteiger partial charge on any atom is 0.0608 e. The van der Waals surface area contributed by atoms with Crippen LogP contribution in [0.4, 0.5) is 0 Å². The molecule has 0 aromatic heterocycles. The second-order valence-corrected chi connectivity index (χ2v) is 5.50. The normalized spacial score (nSPS) is 28.9. The van der Waals surface area contributed by atoms with Gasteiger partial charge in [0.15, 0.2) is 0 Å². The van der Waals surface area contributed by atoms with Gasteiger partial charge in [0, 0.05) is 19.1 Å². The number of hydrazine groups is 1. The maximum absolute atomic E-state index is 5.35. The van der Waals surface area contributed by atoms with E-state index in [0.717, 1.165) is 32.2 Å². The molecule has 0 spiro atoms. The van der Waals surface area contributed by atoms with Crippen molar-refractivity contribution in [1.82, 2.24) is 10.4 Å². The standard InChI is InChI=1S/C15H22N2O/c1-12-2-4-13(5-3-12)14-10-15(11-14)16-17-6-8-18-9-7-17/h2-5,14-16H,6-11H2,1H3. The summed E-state index contributed by atoms with van der Waals surface area (Å²) in [5.41, 5.74) is 6.47. The molecular weight excluding hydrogens is 224 g/mol. The molecular formula is C15H22N2O. The number of hydrogen-bond acceptors (Lipinski definition) is 3. The molecule has 0 radical (unpaired) electrons. The van der Waals surface area contributed by atoms with Crippen LogP contribution < -0.4 is 5.43 Å². The van der Waals surface area contributed by atoms with Crippen molar-refractivity contribution in [1.29, 1.82) is 0 Å². The molecule has 18 heavy (non-hydrogen) atoms. The largest absolute Gasteiger partial charge is 0.379 e. The van der Waals surface area contributed by atoms with Crippen LogP contribution in [-0.4, -0.2) is 37.4 Å². The second kappa shape index (κ2) is 5.39. The third kappa shape index (κ3) is 2.74. The summed E-state index contributed by atoms with van der Waals surface area (Å²) >= 11 is 0. The van der Waals surface area contributed by atoms with Gasteiger partial charge in [0.05, 0.1) is 13.2 Å². The minimum Gasteiger partial charge on any atom is -0.379 e. The van der Waals surface area contributed by atoms with Gasteiger partial charge in [-0.1, -0.05) is 29.8 Å². The predicted molar refractivity (Wildman–Crippen MR) is 72.5 cm³/mol. The monoisotopic (exact) mass is 246 g/mol. The SMILES string of the molecule is Cc1ccc(C2CC(NN3CCOCC3)C2)cc1. The van der Waals surface area contributed by atoms with Gasteiger partial charge in [-0.15, -0.1) is 0 Å². The molecule has 0 bridgehead atoms. The van der Waals surface area contributed by atoms with Crippen molar-refractivity contribution < 1.29 is 4.74 Å². The van der Waals surface area contributed by atoms with E-state index in [-0.39, 0.29) is 0 Å². The molecule has 98 valence electrons. The molecule has 1 N–H and O–H groups in total. The van der Waals surface area contributed by atoms with Gasteiger partial charge in [-0.05, 0) is 31.2 Å². The average molecular weight is 246 g/mol. The van der Waals surface area contributed by atoms with Crippen molar-refractivity contribution >= 4 is 0 Å². The fourth-order valence-corrected chi connectivity index (χ4v) is 2.78. The van der Waals surface area contributed by atoms with Crippen LogP contribution in [0, 0.1) is 6.92 Å². The fraction of sp³-hybridized carbons (Fsp3) is 0.600. The minimum absolute atomic E-state index is 0.661. The van der Waals surface area contributed by atoms with Crippen molar-refractivity contribution in [3.8, 4) is 0 Å². The third-order valence-corrected chi connectivity index (χ3v) is 4.06. The number of benzene rings is 1. The first-order valence-electron chi connectivity index (χ1n) is 6.97. The van der Waals surface area contributed by atoms with Gasteiger partial charge in [0.25, 0.3) is 0 Å². The Balaban J connectivity index is 1.46. The molecule has 3 heteroatoms. The Labute approximate surface area is 109 Å². The summed E-state index contributed by atoms with van der Waals surface area (Å²) < 4.78 is 5.35. The van der Waals surface area contributed by atoms with Crippen LogP contribution in [0.2, 0.25) is 0 Å². The van der Waals surface area contributed by atoms with E-state index >= 15 is 0 Å². The van der Waals surface area contributed by atoms with Gasteiger partial charge < -0.3 is 4.74 Å². The number of morpholine rings is 1. The lowest BCUT2D eigenvalue weighted by Crippen LogP contribution is -2.53. The molecule has 1 saturated heterocycles. The summed E-state index contributed by atoms with van der Waals surface area (Å²) in [6, 6.07) is 9.67. The van der Waals surface area contributed by atoms with E-state index < -0.39 is 0 Å². The lowest BCUT2D eigenvalue weighted by atomic mass is 9.76. The van der Waals surface area contributed by atoms with Crippen LogP contribution in [0.25, 0.3) is 0 Å². The highest BCUT2D eigenvalue weighted by Crippen LogP contribution is 2.37. The van der Waals surface area contributed by atoms with Crippen LogP contribution >= 0.6 is 0 Å².